The van der Waals surface area contributed by atoms with Crippen LogP contribution in [0.15, 0.2) is 42.0 Å². The molecule has 76 valence electrons. The molecule has 0 aromatic heterocycles. The van der Waals surface area contributed by atoms with Crippen molar-refractivity contribution in [3.63, 3.8) is 0 Å². The highest BCUT2D eigenvalue weighted by Crippen LogP contribution is 2.25. The van der Waals surface area contributed by atoms with Crippen LogP contribution in [0.5, 0.6) is 0 Å². The summed E-state index contributed by atoms with van der Waals surface area (Å²) in [6, 6.07) is 9.65. The molecule has 1 aliphatic rings. The van der Waals surface area contributed by atoms with E-state index in [9.17, 15) is 9.59 Å². The third kappa shape index (κ3) is 1.81. The summed E-state index contributed by atoms with van der Waals surface area (Å²) < 4.78 is 0. The zero-order valence-electron chi connectivity index (χ0n) is 8.36. The highest BCUT2D eigenvalue weighted by atomic mass is 16.2. The van der Waals surface area contributed by atoms with Crippen molar-refractivity contribution in [1.82, 2.24) is 5.32 Å². The predicted molar refractivity (Wildman–Crippen MR) is 56.1 cm³/mol. The number of carbonyl (C=O) groups excluding carboxylic acids is 2. The number of hydrogen-bond donors (Lipinski definition) is 1. The molecule has 3 nitrogen and oxygen atoms in total. The molecule has 0 saturated heterocycles. The fourth-order valence-corrected chi connectivity index (χ4v) is 1.67. The van der Waals surface area contributed by atoms with Gasteiger partial charge in [0, 0.05) is 17.6 Å². The molecule has 0 spiro atoms. The van der Waals surface area contributed by atoms with Crippen molar-refractivity contribution in [2.24, 2.45) is 0 Å². The van der Waals surface area contributed by atoms with Gasteiger partial charge < -0.3 is 0 Å². The van der Waals surface area contributed by atoms with Gasteiger partial charge in [-0.1, -0.05) is 37.3 Å². The molecule has 1 aliphatic heterocycles. The highest BCUT2D eigenvalue weighted by molar-refractivity contribution is 6.16. The molecule has 0 fully saturated rings. The van der Waals surface area contributed by atoms with Gasteiger partial charge in [-0.2, -0.15) is 0 Å². The zero-order chi connectivity index (χ0) is 10.8. The summed E-state index contributed by atoms with van der Waals surface area (Å²) in [6.07, 6.45) is 1.38. The third-order valence-electron chi connectivity index (χ3n) is 2.55. The molecule has 1 atom stereocenters. The first-order chi connectivity index (χ1) is 7.18. The molecule has 0 unspecified atom stereocenters. The summed E-state index contributed by atoms with van der Waals surface area (Å²) in [6.45, 7) is 1.92. The minimum absolute atomic E-state index is 0.0438. The van der Waals surface area contributed by atoms with Crippen LogP contribution in [0.2, 0.25) is 0 Å². The minimum atomic E-state index is -0.321. The van der Waals surface area contributed by atoms with Gasteiger partial charge in [0.15, 0.2) is 0 Å². The Kier molecular flexibility index (Phi) is 2.37. The quantitative estimate of drug-likeness (QED) is 0.734. The Labute approximate surface area is 87.8 Å². The van der Waals surface area contributed by atoms with Gasteiger partial charge in [0.2, 0.25) is 0 Å². The molecular formula is C12H11NO2. The summed E-state index contributed by atoms with van der Waals surface area (Å²) in [7, 11) is 0. The topological polar surface area (TPSA) is 46.2 Å². The predicted octanol–water partition coefficient (Wildman–Crippen LogP) is 1.37. The van der Waals surface area contributed by atoms with E-state index in [0.717, 1.165) is 5.56 Å². The average Bonchev–Trinajstić information content (AvgIpc) is 2.58. The molecule has 2 rings (SSSR count). The summed E-state index contributed by atoms with van der Waals surface area (Å²) in [5, 5.41) is 2.25. The molecule has 15 heavy (non-hydrogen) atoms. The van der Waals surface area contributed by atoms with Crippen molar-refractivity contribution in [3.05, 3.63) is 47.5 Å². The maximum atomic E-state index is 11.4. The first-order valence-electron chi connectivity index (χ1n) is 4.80. The van der Waals surface area contributed by atoms with Gasteiger partial charge in [-0.15, -0.1) is 0 Å². The maximum Gasteiger partial charge on any atom is 0.254 e. The third-order valence-corrected chi connectivity index (χ3v) is 2.55. The van der Waals surface area contributed by atoms with Crippen molar-refractivity contribution in [1.29, 1.82) is 0 Å². The normalized spacial score (nSPS) is 17.3. The van der Waals surface area contributed by atoms with Crippen LogP contribution in [0.1, 0.15) is 18.4 Å². The van der Waals surface area contributed by atoms with E-state index in [0.29, 0.717) is 5.57 Å². The zero-order valence-corrected chi connectivity index (χ0v) is 8.36. The Hall–Kier alpha value is -1.90. The number of imide groups is 1. The van der Waals surface area contributed by atoms with Crippen LogP contribution in [0.3, 0.4) is 0 Å². The van der Waals surface area contributed by atoms with E-state index < -0.39 is 0 Å². The summed E-state index contributed by atoms with van der Waals surface area (Å²) >= 11 is 0. The van der Waals surface area contributed by atoms with E-state index in [1.807, 2.05) is 37.3 Å². The van der Waals surface area contributed by atoms with Crippen LogP contribution in [-0.4, -0.2) is 11.8 Å². The number of nitrogens with one attached hydrogen (secondary N) is 1. The van der Waals surface area contributed by atoms with Gasteiger partial charge in [0.05, 0.1) is 0 Å². The lowest BCUT2D eigenvalue weighted by Gasteiger charge is -2.10. The molecule has 1 heterocycles. The summed E-state index contributed by atoms with van der Waals surface area (Å²) in [4.78, 5) is 22.4. The molecule has 1 aromatic rings. The molecule has 3 heteroatoms. The summed E-state index contributed by atoms with van der Waals surface area (Å²) in [5.74, 6) is -0.646. The second-order valence-corrected chi connectivity index (χ2v) is 3.55. The van der Waals surface area contributed by atoms with Gasteiger partial charge in [-0.05, 0) is 5.56 Å². The Morgan fingerprint density at radius 2 is 1.80 bits per heavy atom. The van der Waals surface area contributed by atoms with E-state index in [1.165, 1.54) is 6.08 Å². The number of carbonyl (C=O) groups is 2. The smallest absolute Gasteiger partial charge is 0.254 e. The average molecular weight is 201 g/mol. The number of rotatable bonds is 2. The first kappa shape index (κ1) is 9.65. The molecule has 0 saturated carbocycles. The molecular weight excluding hydrogens is 190 g/mol. The second kappa shape index (κ2) is 3.69. The van der Waals surface area contributed by atoms with Gasteiger partial charge in [0.1, 0.15) is 0 Å². The Balaban J connectivity index is 2.30. The lowest BCUT2D eigenvalue weighted by molar-refractivity contribution is -0.123. The van der Waals surface area contributed by atoms with Crippen molar-refractivity contribution in [2.45, 2.75) is 12.8 Å². The van der Waals surface area contributed by atoms with E-state index in [2.05, 4.69) is 5.32 Å². The standard InChI is InChI=1S/C12H11NO2/c1-8(9-5-3-2-4-6-9)10-7-11(14)13-12(10)15/h2-8H,1H3,(H,13,14,15)/t8-/m1/s1. The summed E-state index contributed by atoms with van der Waals surface area (Å²) in [5.41, 5.74) is 1.57. The van der Waals surface area contributed by atoms with Crippen LogP contribution in [0, 0.1) is 0 Å². The van der Waals surface area contributed by atoms with Crippen LogP contribution < -0.4 is 5.32 Å². The fraction of sp³-hybridized carbons (Fsp3) is 0.167. The SMILES string of the molecule is C[C@@H](C1=CC(=O)NC1=O)c1ccccc1. The minimum Gasteiger partial charge on any atom is -0.289 e. The molecule has 0 radical (unpaired) electrons. The molecule has 0 aliphatic carbocycles. The highest BCUT2D eigenvalue weighted by Gasteiger charge is 2.25. The lowest BCUT2D eigenvalue weighted by Crippen LogP contribution is -2.23. The lowest BCUT2D eigenvalue weighted by atomic mass is 9.93. The largest absolute Gasteiger partial charge is 0.289 e. The van der Waals surface area contributed by atoms with Crippen LogP contribution in [0.4, 0.5) is 0 Å². The van der Waals surface area contributed by atoms with Gasteiger partial charge in [-0.25, -0.2) is 0 Å². The second-order valence-electron chi connectivity index (χ2n) is 3.55. The molecule has 0 bridgehead atoms. The van der Waals surface area contributed by atoms with Gasteiger partial charge in [-0.3, -0.25) is 14.9 Å². The van der Waals surface area contributed by atoms with E-state index in [4.69, 9.17) is 0 Å². The Morgan fingerprint density at radius 3 is 2.33 bits per heavy atom. The first-order valence-corrected chi connectivity index (χ1v) is 4.80. The van der Waals surface area contributed by atoms with Crippen molar-refractivity contribution in [3.8, 4) is 0 Å². The monoisotopic (exact) mass is 201 g/mol. The fourth-order valence-electron chi connectivity index (χ4n) is 1.67. The van der Waals surface area contributed by atoms with E-state index in [1.54, 1.807) is 0 Å². The van der Waals surface area contributed by atoms with E-state index >= 15 is 0 Å². The molecule has 1 N–H and O–H groups in total. The number of benzene rings is 1. The molecule has 1 aromatic carbocycles. The Morgan fingerprint density at radius 1 is 1.13 bits per heavy atom. The van der Waals surface area contributed by atoms with Crippen LogP contribution in [0.25, 0.3) is 0 Å². The van der Waals surface area contributed by atoms with E-state index in [-0.39, 0.29) is 17.7 Å². The van der Waals surface area contributed by atoms with Gasteiger partial charge in [0.25, 0.3) is 11.8 Å². The van der Waals surface area contributed by atoms with Crippen molar-refractivity contribution >= 4 is 11.8 Å². The number of amides is 2. The van der Waals surface area contributed by atoms with Crippen LogP contribution in [-0.2, 0) is 9.59 Å². The van der Waals surface area contributed by atoms with Gasteiger partial charge >= 0.3 is 0 Å². The van der Waals surface area contributed by atoms with Crippen molar-refractivity contribution in [2.75, 3.05) is 0 Å². The maximum absolute atomic E-state index is 11.4. The molecule has 2 amide bonds. The Bertz CT molecular complexity index is 434. The van der Waals surface area contributed by atoms with Crippen LogP contribution >= 0.6 is 0 Å². The number of hydrogen-bond acceptors (Lipinski definition) is 2. The van der Waals surface area contributed by atoms with Crippen molar-refractivity contribution < 1.29 is 9.59 Å².